The van der Waals surface area contributed by atoms with Crippen molar-refractivity contribution in [3.8, 4) is 0 Å². The summed E-state index contributed by atoms with van der Waals surface area (Å²) in [6.07, 6.45) is 0.826. The van der Waals surface area contributed by atoms with Crippen LogP contribution in [0.1, 0.15) is 24.3 Å². The van der Waals surface area contributed by atoms with Crippen molar-refractivity contribution in [1.29, 1.82) is 0 Å². The molecule has 0 bridgehead atoms. The first-order valence-electron chi connectivity index (χ1n) is 5.73. The molecule has 2 rings (SSSR count). The number of hydrogen-bond acceptors (Lipinski definition) is 4. The monoisotopic (exact) mass is 246 g/mol. The van der Waals surface area contributed by atoms with E-state index in [1.807, 2.05) is 30.3 Å². The van der Waals surface area contributed by atoms with Gasteiger partial charge < -0.3 is 9.52 Å². The van der Waals surface area contributed by atoms with Gasteiger partial charge in [-0.3, -0.25) is 4.79 Å². The SMILES string of the molecule is CC(Cc1nnc(Cc2ccccc2)o1)C(=O)O. The fraction of sp³-hybridized carbons (Fsp3) is 0.308. The van der Waals surface area contributed by atoms with Crippen molar-refractivity contribution in [1.82, 2.24) is 10.2 Å². The molecule has 0 aliphatic carbocycles. The van der Waals surface area contributed by atoms with Gasteiger partial charge in [0.2, 0.25) is 11.8 Å². The molecule has 1 atom stereocenters. The number of hydrogen-bond donors (Lipinski definition) is 1. The van der Waals surface area contributed by atoms with E-state index in [4.69, 9.17) is 9.52 Å². The summed E-state index contributed by atoms with van der Waals surface area (Å²) >= 11 is 0. The number of carboxylic acid groups (broad SMARTS) is 1. The number of carbonyl (C=O) groups is 1. The Bertz CT molecular complexity index is 522. The van der Waals surface area contributed by atoms with E-state index in [1.165, 1.54) is 0 Å². The minimum atomic E-state index is -0.863. The van der Waals surface area contributed by atoms with Crippen molar-refractivity contribution >= 4 is 5.97 Å². The van der Waals surface area contributed by atoms with Crippen LogP contribution in [0.25, 0.3) is 0 Å². The first-order valence-corrected chi connectivity index (χ1v) is 5.73. The standard InChI is InChI=1S/C13H14N2O3/c1-9(13(16)17)7-11-14-15-12(18-11)8-10-5-3-2-4-6-10/h2-6,9H,7-8H2,1H3,(H,16,17). The largest absolute Gasteiger partial charge is 0.481 e. The minimum Gasteiger partial charge on any atom is -0.481 e. The maximum atomic E-state index is 10.7. The lowest BCUT2D eigenvalue weighted by Gasteiger charge is -2.00. The molecule has 5 heteroatoms. The van der Waals surface area contributed by atoms with Crippen LogP contribution in [0.4, 0.5) is 0 Å². The van der Waals surface area contributed by atoms with Gasteiger partial charge in [-0.1, -0.05) is 37.3 Å². The summed E-state index contributed by atoms with van der Waals surface area (Å²) in [5.74, 6) is -0.502. The Kier molecular flexibility index (Phi) is 3.72. The molecule has 0 saturated carbocycles. The summed E-state index contributed by atoms with van der Waals surface area (Å²) in [5.41, 5.74) is 1.08. The number of rotatable bonds is 5. The number of aromatic nitrogens is 2. The lowest BCUT2D eigenvalue weighted by atomic mass is 10.1. The molecule has 1 unspecified atom stereocenters. The van der Waals surface area contributed by atoms with Crippen LogP contribution in [0.5, 0.6) is 0 Å². The van der Waals surface area contributed by atoms with E-state index in [0.29, 0.717) is 18.2 Å². The molecule has 1 aromatic heterocycles. The van der Waals surface area contributed by atoms with Crippen molar-refractivity contribution in [3.63, 3.8) is 0 Å². The van der Waals surface area contributed by atoms with Crippen LogP contribution in [-0.2, 0) is 17.6 Å². The van der Waals surface area contributed by atoms with Crippen LogP contribution < -0.4 is 0 Å². The Morgan fingerprint density at radius 3 is 2.61 bits per heavy atom. The van der Waals surface area contributed by atoms with Crippen LogP contribution in [-0.4, -0.2) is 21.3 Å². The highest BCUT2D eigenvalue weighted by molar-refractivity contribution is 5.69. The fourth-order valence-corrected chi connectivity index (χ4v) is 1.56. The third-order valence-corrected chi connectivity index (χ3v) is 2.61. The van der Waals surface area contributed by atoms with Gasteiger partial charge in [0.05, 0.1) is 12.3 Å². The quantitative estimate of drug-likeness (QED) is 0.872. The molecule has 1 aromatic carbocycles. The second kappa shape index (κ2) is 5.44. The zero-order valence-corrected chi connectivity index (χ0v) is 10.0. The van der Waals surface area contributed by atoms with Crippen LogP contribution in [0.2, 0.25) is 0 Å². The molecular weight excluding hydrogens is 232 g/mol. The van der Waals surface area contributed by atoms with Crippen molar-refractivity contribution in [2.24, 2.45) is 5.92 Å². The average Bonchev–Trinajstić information content (AvgIpc) is 2.77. The summed E-state index contributed by atoms with van der Waals surface area (Å²) in [6, 6.07) is 9.78. The van der Waals surface area contributed by atoms with Gasteiger partial charge in [-0.2, -0.15) is 0 Å². The first-order chi connectivity index (χ1) is 8.65. The van der Waals surface area contributed by atoms with Gasteiger partial charge in [0.1, 0.15) is 0 Å². The molecular formula is C13H14N2O3. The van der Waals surface area contributed by atoms with Crippen LogP contribution in [0.15, 0.2) is 34.7 Å². The molecule has 2 aromatic rings. The Morgan fingerprint density at radius 1 is 1.28 bits per heavy atom. The molecule has 0 saturated heterocycles. The van der Waals surface area contributed by atoms with E-state index in [9.17, 15) is 4.79 Å². The second-order valence-corrected chi connectivity index (χ2v) is 4.20. The zero-order valence-electron chi connectivity index (χ0n) is 10.0. The summed E-state index contributed by atoms with van der Waals surface area (Å²) in [7, 11) is 0. The van der Waals surface area contributed by atoms with Crippen LogP contribution in [0, 0.1) is 5.92 Å². The summed E-state index contributed by atoms with van der Waals surface area (Å²) in [5, 5.41) is 16.6. The topological polar surface area (TPSA) is 76.2 Å². The van der Waals surface area contributed by atoms with Crippen LogP contribution >= 0.6 is 0 Å². The lowest BCUT2D eigenvalue weighted by molar-refractivity contribution is -0.141. The van der Waals surface area contributed by atoms with Gasteiger partial charge in [0, 0.05) is 6.42 Å². The van der Waals surface area contributed by atoms with Gasteiger partial charge in [-0.25, -0.2) is 0 Å². The van der Waals surface area contributed by atoms with Gasteiger partial charge >= 0.3 is 5.97 Å². The normalized spacial score (nSPS) is 12.3. The van der Waals surface area contributed by atoms with Gasteiger partial charge in [0.25, 0.3) is 0 Å². The molecule has 94 valence electrons. The lowest BCUT2D eigenvalue weighted by Crippen LogP contribution is -2.12. The van der Waals surface area contributed by atoms with Gasteiger partial charge in [0.15, 0.2) is 0 Å². The van der Waals surface area contributed by atoms with Crippen molar-refractivity contribution in [3.05, 3.63) is 47.7 Å². The third kappa shape index (κ3) is 3.16. The molecule has 0 spiro atoms. The molecule has 0 fully saturated rings. The Hall–Kier alpha value is -2.17. The van der Waals surface area contributed by atoms with Crippen molar-refractivity contribution in [2.75, 3.05) is 0 Å². The number of aliphatic carboxylic acids is 1. The fourth-order valence-electron chi connectivity index (χ4n) is 1.56. The number of carboxylic acids is 1. The maximum Gasteiger partial charge on any atom is 0.306 e. The first kappa shape index (κ1) is 12.3. The highest BCUT2D eigenvalue weighted by atomic mass is 16.4. The van der Waals surface area contributed by atoms with E-state index < -0.39 is 11.9 Å². The predicted molar refractivity (Wildman–Crippen MR) is 64.0 cm³/mol. The van der Waals surface area contributed by atoms with Gasteiger partial charge in [-0.15, -0.1) is 10.2 Å². The average molecular weight is 246 g/mol. The van der Waals surface area contributed by atoms with Crippen molar-refractivity contribution in [2.45, 2.75) is 19.8 Å². The van der Waals surface area contributed by atoms with E-state index in [1.54, 1.807) is 6.92 Å². The molecule has 18 heavy (non-hydrogen) atoms. The Balaban J connectivity index is 2.00. The minimum absolute atomic E-state index is 0.261. The predicted octanol–water partition coefficient (Wildman–Crippen LogP) is 1.92. The molecule has 1 N–H and O–H groups in total. The zero-order chi connectivity index (χ0) is 13.0. The molecule has 0 aliphatic rings. The molecule has 0 radical (unpaired) electrons. The second-order valence-electron chi connectivity index (χ2n) is 4.20. The number of nitrogens with zero attached hydrogens (tertiary/aromatic N) is 2. The maximum absolute atomic E-state index is 10.7. The molecule has 5 nitrogen and oxygen atoms in total. The van der Waals surface area contributed by atoms with E-state index in [-0.39, 0.29) is 6.42 Å². The van der Waals surface area contributed by atoms with Gasteiger partial charge in [-0.05, 0) is 5.56 Å². The van der Waals surface area contributed by atoms with E-state index >= 15 is 0 Å². The summed E-state index contributed by atoms with van der Waals surface area (Å²) in [4.78, 5) is 10.7. The van der Waals surface area contributed by atoms with Crippen molar-refractivity contribution < 1.29 is 14.3 Å². The molecule has 1 heterocycles. The molecule has 0 aliphatic heterocycles. The summed E-state index contributed by atoms with van der Waals surface area (Å²) < 4.78 is 5.42. The smallest absolute Gasteiger partial charge is 0.306 e. The number of benzene rings is 1. The third-order valence-electron chi connectivity index (χ3n) is 2.61. The van der Waals surface area contributed by atoms with E-state index in [2.05, 4.69) is 10.2 Å². The Labute approximate surface area is 104 Å². The highest BCUT2D eigenvalue weighted by Crippen LogP contribution is 2.11. The molecule has 0 amide bonds. The summed E-state index contributed by atoms with van der Waals surface area (Å²) in [6.45, 7) is 1.61. The highest BCUT2D eigenvalue weighted by Gasteiger charge is 2.16. The Morgan fingerprint density at radius 2 is 1.94 bits per heavy atom. The van der Waals surface area contributed by atoms with E-state index in [0.717, 1.165) is 5.56 Å². The van der Waals surface area contributed by atoms with Crippen LogP contribution in [0.3, 0.4) is 0 Å².